The van der Waals surface area contributed by atoms with E-state index in [0.29, 0.717) is 12.3 Å². The van der Waals surface area contributed by atoms with Gasteiger partial charge in [0.2, 0.25) is 5.91 Å². The van der Waals surface area contributed by atoms with Crippen LogP contribution < -0.4 is 0 Å². The lowest BCUT2D eigenvalue weighted by Gasteiger charge is -2.33. The van der Waals surface area contributed by atoms with E-state index in [1.54, 1.807) is 0 Å². The van der Waals surface area contributed by atoms with Crippen LogP contribution in [-0.2, 0) is 9.53 Å². The van der Waals surface area contributed by atoms with Crippen molar-refractivity contribution < 1.29 is 14.3 Å². The lowest BCUT2D eigenvalue weighted by molar-refractivity contribution is -0.130. The van der Waals surface area contributed by atoms with E-state index in [-0.39, 0.29) is 30.4 Å². The van der Waals surface area contributed by atoms with Crippen LogP contribution in [0.5, 0.6) is 0 Å². The minimum absolute atomic E-state index is 0.116. The Morgan fingerprint density at radius 1 is 0.771 bits per heavy atom. The van der Waals surface area contributed by atoms with E-state index >= 15 is 0 Å². The predicted molar refractivity (Wildman–Crippen MR) is 137 cm³/mol. The molecule has 0 radical (unpaired) electrons. The minimum Gasteiger partial charge on any atom is -0.447 e. The molecule has 0 spiro atoms. The fourth-order valence-corrected chi connectivity index (χ4v) is 6.01. The lowest BCUT2D eigenvalue weighted by atomic mass is 9.75. The van der Waals surface area contributed by atoms with Crippen molar-refractivity contribution in [2.45, 2.75) is 56.4 Å². The van der Waals surface area contributed by atoms with Gasteiger partial charge in [0.25, 0.3) is 0 Å². The van der Waals surface area contributed by atoms with Crippen molar-refractivity contribution in [1.29, 1.82) is 0 Å². The summed E-state index contributed by atoms with van der Waals surface area (Å²) in [6, 6.07) is 30.2. The number of carbonyl (C=O) groups excluding carboxylic acids is 2. The number of amides is 2. The molecule has 1 saturated heterocycles. The van der Waals surface area contributed by atoms with Crippen LogP contribution in [0.3, 0.4) is 0 Å². The van der Waals surface area contributed by atoms with Crippen LogP contribution in [0.4, 0.5) is 4.79 Å². The van der Waals surface area contributed by atoms with Crippen LogP contribution in [0.1, 0.15) is 67.1 Å². The molecule has 3 aromatic rings. The lowest BCUT2D eigenvalue weighted by Crippen LogP contribution is -2.43. The van der Waals surface area contributed by atoms with Gasteiger partial charge < -0.3 is 4.74 Å². The van der Waals surface area contributed by atoms with Gasteiger partial charge in [-0.2, -0.15) is 0 Å². The van der Waals surface area contributed by atoms with Gasteiger partial charge in [-0.15, -0.1) is 0 Å². The third kappa shape index (κ3) is 5.17. The van der Waals surface area contributed by atoms with Crippen molar-refractivity contribution in [2.75, 3.05) is 6.61 Å². The molecule has 35 heavy (non-hydrogen) atoms. The molecule has 2 atom stereocenters. The predicted octanol–water partition coefficient (Wildman–Crippen LogP) is 6.92. The highest BCUT2D eigenvalue weighted by Gasteiger charge is 2.44. The van der Waals surface area contributed by atoms with Crippen molar-refractivity contribution >= 4 is 12.0 Å². The number of ether oxygens (including phenoxy) is 1. The number of hydrogen-bond donors (Lipinski definition) is 0. The first-order valence-corrected chi connectivity index (χ1v) is 12.9. The fourth-order valence-electron chi connectivity index (χ4n) is 6.01. The van der Waals surface area contributed by atoms with E-state index in [9.17, 15) is 9.59 Å². The van der Waals surface area contributed by atoms with E-state index in [2.05, 4.69) is 36.4 Å². The van der Waals surface area contributed by atoms with Gasteiger partial charge in [0.05, 0.1) is 6.04 Å². The molecule has 1 aliphatic carbocycles. The van der Waals surface area contributed by atoms with E-state index in [0.717, 1.165) is 24.0 Å². The standard InChI is InChI=1S/C31H33NO3/c33-29(21-27(23-13-5-1-6-14-23)24-15-7-2-8-16-24)32-28(22-35-31(32)34)30(25-17-9-3-10-18-25)26-19-11-4-12-20-26/h1,3-6,9-14,17-20,24,27-28,30H,2,7-8,15-16,21-22H2/t27-,28+/m1/s1. The van der Waals surface area contributed by atoms with Gasteiger partial charge in [-0.25, -0.2) is 9.69 Å². The summed E-state index contributed by atoms with van der Waals surface area (Å²) in [6.07, 6.45) is 5.77. The van der Waals surface area contributed by atoms with E-state index in [1.807, 2.05) is 54.6 Å². The number of carbonyl (C=O) groups is 2. The summed E-state index contributed by atoms with van der Waals surface area (Å²) in [6.45, 7) is 0.207. The summed E-state index contributed by atoms with van der Waals surface area (Å²) in [7, 11) is 0. The molecule has 5 rings (SSSR count). The first kappa shape index (κ1) is 23.3. The maximum Gasteiger partial charge on any atom is 0.417 e. The van der Waals surface area contributed by atoms with E-state index in [1.165, 1.54) is 29.7 Å². The van der Waals surface area contributed by atoms with Crippen molar-refractivity contribution in [3.63, 3.8) is 0 Å². The summed E-state index contributed by atoms with van der Waals surface area (Å²) < 4.78 is 5.52. The molecule has 0 aromatic heterocycles. The number of nitrogens with zero attached hydrogens (tertiary/aromatic N) is 1. The maximum atomic E-state index is 13.9. The molecule has 2 fully saturated rings. The van der Waals surface area contributed by atoms with E-state index < -0.39 is 6.09 Å². The van der Waals surface area contributed by atoms with Crippen LogP contribution in [0, 0.1) is 5.92 Å². The highest BCUT2D eigenvalue weighted by molar-refractivity contribution is 5.94. The molecule has 2 amide bonds. The largest absolute Gasteiger partial charge is 0.447 e. The first-order valence-electron chi connectivity index (χ1n) is 12.9. The second-order valence-electron chi connectivity index (χ2n) is 9.83. The summed E-state index contributed by atoms with van der Waals surface area (Å²) in [4.78, 5) is 28.3. The Morgan fingerprint density at radius 3 is 1.83 bits per heavy atom. The van der Waals surface area contributed by atoms with Crippen molar-refractivity contribution in [2.24, 2.45) is 5.92 Å². The molecule has 1 saturated carbocycles. The molecule has 180 valence electrons. The molecular formula is C31H33NO3. The highest BCUT2D eigenvalue weighted by atomic mass is 16.6. The zero-order valence-corrected chi connectivity index (χ0v) is 20.1. The molecule has 0 bridgehead atoms. The Morgan fingerprint density at radius 2 is 1.29 bits per heavy atom. The molecule has 1 aliphatic heterocycles. The van der Waals surface area contributed by atoms with Gasteiger partial charge in [-0.3, -0.25) is 4.79 Å². The molecule has 3 aromatic carbocycles. The second kappa shape index (κ2) is 10.9. The van der Waals surface area contributed by atoms with Crippen LogP contribution in [0.2, 0.25) is 0 Å². The van der Waals surface area contributed by atoms with Crippen molar-refractivity contribution in [3.05, 3.63) is 108 Å². The van der Waals surface area contributed by atoms with E-state index in [4.69, 9.17) is 4.74 Å². The maximum absolute atomic E-state index is 13.9. The third-order valence-corrected chi connectivity index (χ3v) is 7.72. The Hall–Kier alpha value is -3.40. The van der Waals surface area contributed by atoms with Crippen LogP contribution in [0.25, 0.3) is 0 Å². The van der Waals surface area contributed by atoms with Gasteiger partial charge in [0.15, 0.2) is 0 Å². The average Bonchev–Trinajstić information content (AvgIpc) is 3.30. The number of benzene rings is 3. The number of hydrogen-bond acceptors (Lipinski definition) is 3. The Labute approximate surface area is 207 Å². The zero-order chi connectivity index (χ0) is 24.0. The summed E-state index contributed by atoms with van der Waals surface area (Å²) in [5.41, 5.74) is 3.35. The van der Waals surface area contributed by atoms with Gasteiger partial charge >= 0.3 is 6.09 Å². The SMILES string of the molecule is O=C(C[C@H](c1ccccc1)C1CCCCC1)N1C(=O)OC[C@H]1C(c1ccccc1)c1ccccc1. The van der Waals surface area contributed by atoms with Crippen molar-refractivity contribution in [3.8, 4) is 0 Å². The molecule has 0 unspecified atom stereocenters. The second-order valence-corrected chi connectivity index (χ2v) is 9.83. The van der Waals surface area contributed by atoms with Crippen LogP contribution in [-0.4, -0.2) is 29.5 Å². The van der Waals surface area contributed by atoms with Crippen LogP contribution in [0.15, 0.2) is 91.0 Å². The molecule has 4 heteroatoms. The molecule has 1 heterocycles. The number of cyclic esters (lactones) is 1. The van der Waals surface area contributed by atoms with Crippen LogP contribution >= 0.6 is 0 Å². The number of rotatable bonds is 7. The van der Waals surface area contributed by atoms with Gasteiger partial charge in [0.1, 0.15) is 6.61 Å². The van der Waals surface area contributed by atoms with Crippen molar-refractivity contribution in [1.82, 2.24) is 4.90 Å². The molecular weight excluding hydrogens is 434 g/mol. The molecule has 2 aliphatic rings. The fraction of sp³-hybridized carbons (Fsp3) is 0.355. The zero-order valence-electron chi connectivity index (χ0n) is 20.1. The Balaban J connectivity index is 1.46. The third-order valence-electron chi connectivity index (χ3n) is 7.72. The smallest absolute Gasteiger partial charge is 0.417 e. The average molecular weight is 468 g/mol. The summed E-state index contributed by atoms with van der Waals surface area (Å²) >= 11 is 0. The van der Waals surface area contributed by atoms with Gasteiger partial charge in [-0.05, 0) is 41.4 Å². The first-order chi connectivity index (χ1) is 17.2. The van der Waals surface area contributed by atoms with Gasteiger partial charge in [0, 0.05) is 12.3 Å². The highest BCUT2D eigenvalue weighted by Crippen LogP contribution is 2.40. The Kier molecular flexibility index (Phi) is 7.27. The quantitative estimate of drug-likeness (QED) is 0.379. The normalized spacial score (nSPS) is 19.5. The summed E-state index contributed by atoms with van der Waals surface area (Å²) in [5, 5.41) is 0. The summed E-state index contributed by atoms with van der Waals surface area (Å²) in [5.74, 6) is 0.308. The topological polar surface area (TPSA) is 46.6 Å². The number of imide groups is 1. The van der Waals surface area contributed by atoms with Gasteiger partial charge in [-0.1, -0.05) is 110 Å². The molecule has 0 N–H and O–H groups in total. The monoisotopic (exact) mass is 467 g/mol. The Bertz CT molecular complexity index is 1070. The molecule has 4 nitrogen and oxygen atoms in total. The minimum atomic E-state index is -0.521.